The zero-order chi connectivity index (χ0) is 18.4. The molecule has 7 heteroatoms. The molecule has 0 atom stereocenters. The van der Waals surface area contributed by atoms with Crippen molar-refractivity contribution >= 4 is 23.7 Å². The molecule has 3 aromatic rings. The van der Waals surface area contributed by atoms with Gasteiger partial charge in [0.2, 0.25) is 0 Å². The molecule has 0 saturated carbocycles. The number of nitrogens with zero attached hydrogens (tertiary/aromatic N) is 1. The first-order valence-electron chi connectivity index (χ1n) is 7.70. The van der Waals surface area contributed by atoms with Crippen molar-refractivity contribution in [3.63, 3.8) is 0 Å². The molecule has 7 nitrogen and oxygen atoms in total. The molecule has 0 saturated heterocycles. The van der Waals surface area contributed by atoms with E-state index in [-0.39, 0.29) is 17.4 Å². The van der Waals surface area contributed by atoms with Crippen LogP contribution in [0.4, 0.5) is 5.69 Å². The minimum atomic E-state index is -0.416. The summed E-state index contributed by atoms with van der Waals surface area (Å²) in [6, 6.07) is 16.1. The van der Waals surface area contributed by atoms with Crippen LogP contribution >= 0.6 is 0 Å². The Morgan fingerprint density at radius 1 is 0.962 bits per heavy atom. The van der Waals surface area contributed by atoms with Gasteiger partial charge in [0.1, 0.15) is 5.75 Å². The lowest BCUT2D eigenvalue weighted by Crippen LogP contribution is -2.17. The van der Waals surface area contributed by atoms with Crippen LogP contribution < -0.4 is 10.7 Å². The molecule has 0 aliphatic carbocycles. The smallest absolute Gasteiger partial charge is 0.291 e. The van der Waals surface area contributed by atoms with Gasteiger partial charge in [0.25, 0.3) is 11.8 Å². The van der Waals surface area contributed by atoms with Crippen LogP contribution in [0.2, 0.25) is 0 Å². The maximum absolute atomic E-state index is 12.1. The first kappa shape index (κ1) is 17.0. The van der Waals surface area contributed by atoms with E-state index in [0.717, 1.165) is 0 Å². The molecule has 1 heterocycles. The summed E-state index contributed by atoms with van der Waals surface area (Å²) in [6.07, 6.45) is 2.77. The van der Waals surface area contributed by atoms with Crippen molar-refractivity contribution in [1.29, 1.82) is 0 Å². The lowest BCUT2D eigenvalue weighted by Gasteiger charge is -2.05. The molecule has 0 aliphatic rings. The average Bonchev–Trinajstić information content (AvgIpc) is 3.19. The monoisotopic (exact) mass is 349 g/mol. The van der Waals surface area contributed by atoms with E-state index in [2.05, 4.69) is 15.8 Å². The van der Waals surface area contributed by atoms with Crippen molar-refractivity contribution in [2.24, 2.45) is 5.10 Å². The van der Waals surface area contributed by atoms with Crippen LogP contribution in [0.5, 0.6) is 5.75 Å². The number of aromatic hydroxyl groups is 1. The zero-order valence-electron chi connectivity index (χ0n) is 13.5. The Morgan fingerprint density at radius 2 is 1.73 bits per heavy atom. The molecule has 26 heavy (non-hydrogen) atoms. The van der Waals surface area contributed by atoms with Crippen molar-refractivity contribution in [3.8, 4) is 5.75 Å². The van der Waals surface area contributed by atoms with Crippen molar-refractivity contribution in [1.82, 2.24) is 5.43 Å². The number of amides is 2. The number of phenolic OH excluding ortho intramolecular Hbond substituents is 1. The third kappa shape index (κ3) is 4.15. The Kier molecular flexibility index (Phi) is 5.09. The molecule has 0 bridgehead atoms. The van der Waals surface area contributed by atoms with Gasteiger partial charge in [-0.1, -0.05) is 12.1 Å². The fourth-order valence-corrected chi connectivity index (χ4v) is 2.13. The molecule has 0 radical (unpaired) electrons. The Hall–Kier alpha value is -3.87. The number of benzene rings is 2. The van der Waals surface area contributed by atoms with Gasteiger partial charge in [-0.2, -0.15) is 5.10 Å². The number of para-hydroxylation sites is 1. The summed E-state index contributed by atoms with van der Waals surface area (Å²) in [7, 11) is 0. The molecule has 0 fully saturated rings. The maximum Gasteiger partial charge on any atom is 0.291 e. The quantitative estimate of drug-likeness (QED) is 0.486. The van der Waals surface area contributed by atoms with Gasteiger partial charge in [-0.15, -0.1) is 0 Å². The number of furan rings is 1. The number of phenols is 1. The summed E-state index contributed by atoms with van der Waals surface area (Å²) in [5.41, 5.74) is 3.76. The van der Waals surface area contributed by atoms with Gasteiger partial charge in [0.05, 0.1) is 12.5 Å². The number of rotatable bonds is 5. The van der Waals surface area contributed by atoms with E-state index in [1.807, 2.05) is 0 Å². The maximum atomic E-state index is 12.1. The molecule has 3 N–H and O–H groups in total. The normalized spacial score (nSPS) is 10.6. The molecule has 2 aromatic carbocycles. The molecular weight excluding hydrogens is 334 g/mol. The van der Waals surface area contributed by atoms with Gasteiger partial charge in [-0.25, -0.2) is 5.43 Å². The van der Waals surface area contributed by atoms with Gasteiger partial charge in [0.15, 0.2) is 5.76 Å². The van der Waals surface area contributed by atoms with E-state index < -0.39 is 5.91 Å². The number of hydrogen-bond acceptors (Lipinski definition) is 5. The van der Waals surface area contributed by atoms with Crippen LogP contribution in [0.15, 0.2) is 76.4 Å². The van der Waals surface area contributed by atoms with Crippen LogP contribution in [-0.2, 0) is 0 Å². The number of hydrazone groups is 1. The topological polar surface area (TPSA) is 104 Å². The molecule has 3 rings (SSSR count). The highest BCUT2D eigenvalue weighted by atomic mass is 16.3. The van der Waals surface area contributed by atoms with Crippen LogP contribution in [-0.4, -0.2) is 23.1 Å². The Balaban J connectivity index is 1.58. The van der Waals surface area contributed by atoms with Gasteiger partial charge in [-0.05, 0) is 48.5 Å². The number of nitrogens with one attached hydrogen (secondary N) is 2. The summed E-state index contributed by atoms with van der Waals surface area (Å²) in [5.74, 6) is -0.521. The molecular formula is C19H15N3O4. The Bertz CT molecular complexity index is 932. The lowest BCUT2D eigenvalue weighted by molar-refractivity contribution is 0.0954. The van der Waals surface area contributed by atoms with Crippen molar-refractivity contribution < 1.29 is 19.1 Å². The van der Waals surface area contributed by atoms with Crippen molar-refractivity contribution in [3.05, 3.63) is 83.8 Å². The predicted molar refractivity (Wildman–Crippen MR) is 96.3 cm³/mol. The standard InChI is InChI=1S/C19H15N3O4/c23-16-5-2-1-4-14(16)12-20-22-18(24)13-7-9-15(10-8-13)21-19(25)17-6-3-11-26-17/h1-12,23H,(H,21,25)(H,22,24)/b20-12-. The lowest BCUT2D eigenvalue weighted by atomic mass is 10.2. The van der Waals surface area contributed by atoms with E-state index in [1.165, 1.54) is 18.5 Å². The molecule has 130 valence electrons. The third-order valence-electron chi connectivity index (χ3n) is 3.46. The minimum absolute atomic E-state index is 0.0714. The van der Waals surface area contributed by atoms with E-state index in [1.54, 1.807) is 54.6 Å². The zero-order valence-corrected chi connectivity index (χ0v) is 13.5. The first-order chi connectivity index (χ1) is 12.6. The summed E-state index contributed by atoms with van der Waals surface area (Å²) >= 11 is 0. The van der Waals surface area contributed by atoms with Gasteiger partial charge in [-0.3, -0.25) is 9.59 Å². The highest BCUT2D eigenvalue weighted by molar-refractivity contribution is 6.02. The van der Waals surface area contributed by atoms with Crippen LogP contribution in [0.1, 0.15) is 26.5 Å². The van der Waals surface area contributed by atoms with Gasteiger partial charge >= 0.3 is 0 Å². The van der Waals surface area contributed by atoms with Crippen molar-refractivity contribution in [2.45, 2.75) is 0 Å². The highest BCUT2D eigenvalue weighted by Crippen LogP contribution is 2.13. The fraction of sp³-hybridized carbons (Fsp3) is 0. The fourth-order valence-electron chi connectivity index (χ4n) is 2.13. The van der Waals surface area contributed by atoms with E-state index in [4.69, 9.17) is 4.42 Å². The van der Waals surface area contributed by atoms with Crippen LogP contribution in [0.3, 0.4) is 0 Å². The number of hydrogen-bond donors (Lipinski definition) is 3. The second-order valence-electron chi connectivity index (χ2n) is 5.27. The average molecular weight is 349 g/mol. The summed E-state index contributed by atoms with van der Waals surface area (Å²) in [5, 5.41) is 16.1. The number of carbonyl (C=O) groups is 2. The van der Waals surface area contributed by atoms with E-state index in [0.29, 0.717) is 16.8 Å². The van der Waals surface area contributed by atoms with E-state index in [9.17, 15) is 14.7 Å². The van der Waals surface area contributed by atoms with Crippen molar-refractivity contribution in [2.75, 3.05) is 5.32 Å². The molecule has 2 amide bonds. The van der Waals surface area contributed by atoms with Crippen LogP contribution in [0, 0.1) is 0 Å². The Labute approximate surface area is 149 Å². The van der Waals surface area contributed by atoms with E-state index >= 15 is 0 Å². The predicted octanol–water partition coefficient (Wildman–Crippen LogP) is 3.00. The van der Waals surface area contributed by atoms with Crippen LogP contribution in [0.25, 0.3) is 0 Å². The SMILES string of the molecule is O=C(N/N=C\c1ccccc1O)c1ccc(NC(=O)c2ccco2)cc1. The second-order valence-corrected chi connectivity index (χ2v) is 5.27. The molecule has 1 aromatic heterocycles. The minimum Gasteiger partial charge on any atom is -0.507 e. The summed E-state index contributed by atoms with van der Waals surface area (Å²) in [6.45, 7) is 0. The van der Waals surface area contributed by atoms with Gasteiger partial charge < -0.3 is 14.8 Å². The molecule has 0 spiro atoms. The number of carbonyl (C=O) groups excluding carboxylic acids is 2. The first-order valence-corrected chi connectivity index (χ1v) is 7.70. The Morgan fingerprint density at radius 3 is 2.42 bits per heavy atom. The summed E-state index contributed by atoms with van der Waals surface area (Å²) < 4.78 is 5.01. The largest absolute Gasteiger partial charge is 0.507 e. The summed E-state index contributed by atoms with van der Waals surface area (Å²) in [4.78, 5) is 23.9. The number of anilines is 1. The highest BCUT2D eigenvalue weighted by Gasteiger charge is 2.09. The molecule has 0 aliphatic heterocycles. The molecule has 0 unspecified atom stereocenters. The second kappa shape index (κ2) is 7.80. The van der Waals surface area contributed by atoms with Gasteiger partial charge in [0, 0.05) is 16.8 Å². The third-order valence-corrected chi connectivity index (χ3v) is 3.46.